The van der Waals surface area contributed by atoms with Crippen molar-refractivity contribution >= 4 is 11.6 Å². The van der Waals surface area contributed by atoms with Crippen molar-refractivity contribution in [2.24, 2.45) is 5.41 Å². The van der Waals surface area contributed by atoms with E-state index in [4.69, 9.17) is 4.74 Å². The third-order valence-electron chi connectivity index (χ3n) is 5.20. The Bertz CT molecular complexity index is 722. The van der Waals surface area contributed by atoms with Crippen molar-refractivity contribution in [2.45, 2.75) is 33.2 Å². The second kappa shape index (κ2) is 9.16. The summed E-state index contributed by atoms with van der Waals surface area (Å²) >= 11 is 0. The van der Waals surface area contributed by atoms with Gasteiger partial charge in [-0.15, -0.1) is 0 Å². The van der Waals surface area contributed by atoms with Crippen LogP contribution in [-0.4, -0.2) is 37.1 Å². The van der Waals surface area contributed by atoms with E-state index < -0.39 is 0 Å². The van der Waals surface area contributed by atoms with Gasteiger partial charge < -0.3 is 10.1 Å². The minimum Gasteiger partial charge on any atom is -0.381 e. The van der Waals surface area contributed by atoms with E-state index in [1.807, 2.05) is 12.1 Å². The first kappa shape index (κ1) is 19.6. The van der Waals surface area contributed by atoms with Crippen molar-refractivity contribution < 1.29 is 9.53 Å². The molecule has 1 heterocycles. The molecule has 3 rings (SSSR count). The molecule has 0 aliphatic carbocycles. The average molecular weight is 367 g/mol. The van der Waals surface area contributed by atoms with Crippen LogP contribution >= 0.6 is 0 Å². The Morgan fingerprint density at radius 3 is 2.41 bits per heavy atom. The predicted molar refractivity (Wildman–Crippen MR) is 110 cm³/mol. The molecule has 0 spiro atoms. The number of nitrogens with one attached hydrogen (secondary N) is 1. The number of hydrogen-bond acceptors (Lipinski definition) is 3. The maximum absolute atomic E-state index is 11.1. The molecule has 2 aromatic rings. The lowest BCUT2D eigenvalue weighted by Gasteiger charge is -2.50. The first-order valence-electron chi connectivity index (χ1n) is 9.79. The molecule has 144 valence electrons. The maximum Gasteiger partial charge on any atom is 0.221 e. The van der Waals surface area contributed by atoms with Crippen molar-refractivity contribution in [1.29, 1.82) is 0 Å². The molecule has 1 aliphatic heterocycles. The fourth-order valence-corrected chi connectivity index (χ4v) is 3.86. The van der Waals surface area contributed by atoms with Gasteiger partial charge in [-0.25, -0.2) is 0 Å². The van der Waals surface area contributed by atoms with Gasteiger partial charge in [0.1, 0.15) is 0 Å². The Morgan fingerprint density at radius 1 is 1.07 bits per heavy atom. The Hall–Kier alpha value is -2.17. The van der Waals surface area contributed by atoms with Crippen LogP contribution in [0.4, 0.5) is 5.69 Å². The van der Waals surface area contributed by atoms with Gasteiger partial charge in [-0.05, 0) is 43.0 Å². The molecule has 0 aromatic heterocycles. The number of likely N-dealkylation sites (tertiary alicyclic amines) is 1. The fraction of sp³-hybridized carbons (Fsp3) is 0.435. The van der Waals surface area contributed by atoms with E-state index in [9.17, 15) is 4.79 Å². The monoisotopic (exact) mass is 366 g/mol. The van der Waals surface area contributed by atoms with Crippen LogP contribution in [0.3, 0.4) is 0 Å². The van der Waals surface area contributed by atoms with Crippen LogP contribution in [0.25, 0.3) is 0 Å². The van der Waals surface area contributed by atoms with Crippen molar-refractivity contribution in [3.05, 3.63) is 65.7 Å². The quantitative estimate of drug-likeness (QED) is 0.726. The molecule has 2 aromatic carbocycles. The molecular formula is C23H30N2O2. The molecule has 1 aliphatic rings. The third-order valence-corrected chi connectivity index (χ3v) is 5.20. The van der Waals surface area contributed by atoms with Crippen molar-refractivity contribution in [3.8, 4) is 0 Å². The number of ether oxygens (including phenoxy) is 1. The normalized spacial score (nSPS) is 15.9. The van der Waals surface area contributed by atoms with Gasteiger partial charge in [0.05, 0.1) is 6.61 Å². The topological polar surface area (TPSA) is 41.6 Å². The second-order valence-corrected chi connectivity index (χ2v) is 7.65. The first-order valence-corrected chi connectivity index (χ1v) is 9.79. The number of amides is 1. The molecule has 4 nitrogen and oxygen atoms in total. The number of hydrogen-bond donors (Lipinski definition) is 1. The second-order valence-electron chi connectivity index (χ2n) is 7.65. The highest BCUT2D eigenvalue weighted by Crippen LogP contribution is 2.36. The van der Waals surface area contributed by atoms with Gasteiger partial charge in [-0.1, -0.05) is 42.5 Å². The summed E-state index contributed by atoms with van der Waals surface area (Å²) in [4.78, 5) is 13.6. The number of rotatable bonds is 9. The van der Waals surface area contributed by atoms with Crippen LogP contribution in [0.5, 0.6) is 0 Å². The van der Waals surface area contributed by atoms with Crippen LogP contribution in [-0.2, 0) is 22.5 Å². The molecular weight excluding hydrogens is 336 g/mol. The van der Waals surface area contributed by atoms with Gasteiger partial charge in [0.15, 0.2) is 0 Å². The number of benzene rings is 2. The summed E-state index contributed by atoms with van der Waals surface area (Å²) in [7, 11) is 0. The van der Waals surface area contributed by atoms with E-state index in [0.29, 0.717) is 0 Å². The summed E-state index contributed by atoms with van der Waals surface area (Å²) in [5, 5.41) is 2.81. The molecule has 27 heavy (non-hydrogen) atoms. The average Bonchev–Trinajstić information content (AvgIpc) is 2.64. The predicted octanol–water partition coefficient (Wildman–Crippen LogP) is 4.12. The summed E-state index contributed by atoms with van der Waals surface area (Å²) in [5.74, 6) is -0.0374. The Balaban J connectivity index is 1.53. The van der Waals surface area contributed by atoms with Gasteiger partial charge in [0.25, 0.3) is 0 Å². The van der Waals surface area contributed by atoms with E-state index in [-0.39, 0.29) is 11.3 Å². The fourth-order valence-electron chi connectivity index (χ4n) is 3.86. The number of aryl methyl sites for hydroxylation is 1. The van der Waals surface area contributed by atoms with Gasteiger partial charge in [-0.3, -0.25) is 9.69 Å². The molecule has 0 unspecified atom stereocenters. The zero-order valence-electron chi connectivity index (χ0n) is 16.4. The number of anilines is 1. The summed E-state index contributed by atoms with van der Waals surface area (Å²) in [5.41, 5.74) is 3.79. The van der Waals surface area contributed by atoms with Crippen LogP contribution < -0.4 is 5.32 Å². The van der Waals surface area contributed by atoms with Gasteiger partial charge >= 0.3 is 0 Å². The Kier molecular flexibility index (Phi) is 6.64. The summed E-state index contributed by atoms with van der Waals surface area (Å²) in [6, 6.07) is 18.9. The lowest BCUT2D eigenvalue weighted by Crippen LogP contribution is -2.58. The number of carbonyl (C=O) groups excluding carboxylic acids is 1. The zero-order chi connectivity index (χ0) is 19.1. The Labute approximate surface area is 162 Å². The molecule has 0 bridgehead atoms. The Morgan fingerprint density at radius 2 is 1.78 bits per heavy atom. The molecule has 1 fully saturated rings. The molecule has 4 heteroatoms. The van der Waals surface area contributed by atoms with Crippen molar-refractivity contribution in [2.75, 3.05) is 31.6 Å². The number of carbonyl (C=O) groups is 1. The standard InChI is InChI=1S/C23H30N2O2/c1-3-27-18-23(14-13-20-7-5-4-6-8-20)16-25(17-23)15-21-9-11-22(12-10-21)24-19(2)26/h4-12H,3,13-18H2,1-2H3,(H,24,26). The van der Waals surface area contributed by atoms with Crippen molar-refractivity contribution in [1.82, 2.24) is 4.90 Å². The maximum atomic E-state index is 11.1. The lowest BCUT2D eigenvalue weighted by atomic mass is 9.75. The zero-order valence-corrected chi connectivity index (χ0v) is 16.4. The van der Waals surface area contributed by atoms with Gasteiger partial charge in [0, 0.05) is 44.3 Å². The van der Waals surface area contributed by atoms with Crippen LogP contribution in [0.15, 0.2) is 54.6 Å². The highest BCUT2D eigenvalue weighted by molar-refractivity contribution is 5.88. The van der Waals surface area contributed by atoms with E-state index in [0.717, 1.165) is 51.4 Å². The summed E-state index contributed by atoms with van der Waals surface area (Å²) in [6.45, 7) is 8.31. The third kappa shape index (κ3) is 5.65. The molecule has 1 amide bonds. The van der Waals surface area contributed by atoms with Crippen LogP contribution in [0.2, 0.25) is 0 Å². The van der Waals surface area contributed by atoms with Crippen LogP contribution in [0, 0.1) is 5.41 Å². The molecule has 1 N–H and O–H groups in total. The molecule has 1 saturated heterocycles. The first-order chi connectivity index (χ1) is 13.1. The summed E-state index contributed by atoms with van der Waals surface area (Å²) < 4.78 is 5.81. The minimum absolute atomic E-state index is 0.0374. The van der Waals surface area contributed by atoms with Gasteiger partial charge in [0.2, 0.25) is 5.91 Å². The molecule has 0 saturated carbocycles. The van der Waals surface area contributed by atoms with E-state index >= 15 is 0 Å². The highest BCUT2D eigenvalue weighted by Gasteiger charge is 2.42. The highest BCUT2D eigenvalue weighted by atomic mass is 16.5. The van der Waals surface area contributed by atoms with E-state index in [2.05, 4.69) is 59.6 Å². The SMILES string of the molecule is CCOCC1(CCc2ccccc2)CN(Cc2ccc(NC(C)=O)cc2)C1. The molecule has 0 radical (unpaired) electrons. The van der Waals surface area contributed by atoms with E-state index in [1.54, 1.807) is 0 Å². The minimum atomic E-state index is -0.0374. The summed E-state index contributed by atoms with van der Waals surface area (Å²) in [6.07, 6.45) is 2.27. The van der Waals surface area contributed by atoms with Crippen molar-refractivity contribution in [3.63, 3.8) is 0 Å². The van der Waals surface area contributed by atoms with E-state index in [1.165, 1.54) is 18.1 Å². The van der Waals surface area contributed by atoms with Crippen LogP contribution in [0.1, 0.15) is 31.4 Å². The largest absolute Gasteiger partial charge is 0.381 e. The van der Waals surface area contributed by atoms with Gasteiger partial charge in [-0.2, -0.15) is 0 Å². The smallest absolute Gasteiger partial charge is 0.221 e. The molecule has 0 atom stereocenters. The number of nitrogens with zero attached hydrogens (tertiary/aromatic N) is 1. The lowest BCUT2D eigenvalue weighted by molar-refractivity contribution is -0.114.